The van der Waals surface area contributed by atoms with Gasteiger partial charge < -0.3 is 11.1 Å². The van der Waals surface area contributed by atoms with Crippen LogP contribution < -0.4 is 16.0 Å². The lowest BCUT2D eigenvalue weighted by atomic mass is 10.2. The number of para-hydroxylation sites is 2. The molecular formula is C14H13N3OS. The summed E-state index contributed by atoms with van der Waals surface area (Å²) in [6.07, 6.45) is 1.01. The summed E-state index contributed by atoms with van der Waals surface area (Å²) < 4.78 is 0. The van der Waals surface area contributed by atoms with Crippen molar-refractivity contribution in [3.8, 4) is 0 Å². The predicted molar refractivity (Wildman–Crippen MR) is 79.0 cm³/mol. The zero-order valence-electron chi connectivity index (χ0n) is 10.2. The van der Waals surface area contributed by atoms with E-state index >= 15 is 0 Å². The molecule has 19 heavy (non-hydrogen) atoms. The number of nitrogens with two attached hydrogens (primary N) is 1. The summed E-state index contributed by atoms with van der Waals surface area (Å²) >= 11 is 1.49. The monoisotopic (exact) mass is 271 g/mol. The van der Waals surface area contributed by atoms with Crippen LogP contribution in [-0.2, 0) is 0 Å². The van der Waals surface area contributed by atoms with Crippen LogP contribution in [0.2, 0.25) is 0 Å². The fourth-order valence-corrected chi connectivity index (χ4v) is 2.89. The Balaban J connectivity index is 2.22. The highest BCUT2D eigenvalue weighted by Gasteiger charge is 2.29. The number of carbonyl (C=O) groups excluding carboxylic acids is 1. The first kappa shape index (κ1) is 12.0. The Hall–Kier alpha value is -2.11. The van der Waals surface area contributed by atoms with Crippen molar-refractivity contribution in [2.75, 3.05) is 10.2 Å². The zero-order valence-corrected chi connectivity index (χ0v) is 11.0. The molecule has 4 nitrogen and oxygen atoms in total. The predicted octanol–water partition coefficient (Wildman–Crippen LogP) is 2.92. The number of carbonyl (C=O) groups is 1. The van der Waals surface area contributed by atoms with E-state index in [1.807, 2.05) is 35.0 Å². The number of hydrogen-bond acceptors (Lipinski definition) is 4. The Kier molecular flexibility index (Phi) is 2.85. The van der Waals surface area contributed by atoms with E-state index in [0.29, 0.717) is 5.56 Å². The number of anilines is 3. The minimum absolute atomic E-state index is 0.110. The molecule has 0 aliphatic carbocycles. The van der Waals surface area contributed by atoms with Crippen molar-refractivity contribution in [2.45, 2.75) is 6.17 Å². The van der Waals surface area contributed by atoms with Crippen LogP contribution in [0.25, 0.3) is 0 Å². The van der Waals surface area contributed by atoms with Gasteiger partial charge in [0.05, 0.1) is 22.6 Å². The third-order valence-corrected chi connectivity index (χ3v) is 3.83. The average Bonchev–Trinajstić information content (AvgIpc) is 2.84. The topological polar surface area (TPSA) is 58.4 Å². The summed E-state index contributed by atoms with van der Waals surface area (Å²) in [7, 11) is 0. The van der Waals surface area contributed by atoms with Gasteiger partial charge in [-0.2, -0.15) is 0 Å². The summed E-state index contributed by atoms with van der Waals surface area (Å²) in [6, 6.07) is 7.61. The summed E-state index contributed by atoms with van der Waals surface area (Å²) in [5, 5.41) is 7.04. The van der Waals surface area contributed by atoms with E-state index < -0.39 is 6.17 Å². The van der Waals surface area contributed by atoms with E-state index in [2.05, 4.69) is 11.9 Å². The Morgan fingerprint density at radius 1 is 1.32 bits per heavy atom. The fraction of sp³-hybridized carbons (Fsp3) is 0.0714. The van der Waals surface area contributed by atoms with Crippen LogP contribution >= 0.6 is 11.3 Å². The molecule has 0 saturated carbocycles. The van der Waals surface area contributed by atoms with Gasteiger partial charge in [0, 0.05) is 10.8 Å². The minimum Gasteiger partial charge on any atom is -0.352 e. The molecular weight excluding hydrogens is 258 g/mol. The number of amides is 1. The van der Waals surface area contributed by atoms with Gasteiger partial charge >= 0.3 is 0 Å². The third kappa shape index (κ3) is 1.83. The molecule has 5 heteroatoms. The number of nitrogens with zero attached hydrogens (tertiary/aromatic N) is 1. The smallest absolute Gasteiger partial charge is 0.262 e. The molecule has 0 spiro atoms. The number of fused-ring (bicyclic) bond motifs is 2. The molecule has 1 aliphatic rings. The summed E-state index contributed by atoms with van der Waals surface area (Å²) in [6.45, 7) is 3.68. The Bertz CT molecular complexity index is 650. The fourth-order valence-electron chi connectivity index (χ4n) is 2.13. The van der Waals surface area contributed by atoms with E-state index in [1.54, 1.807) is 11.0 Å². The first-order valence-electron chi connectivity index (χ1n) is 5.86. The molecule has 0 fully saturated rings. The molecule has 1 aromatic heterocycles. The highest BCUT2D eigenvalue weighted by molar-refractivity contribution is 7.08. The van der Waals surface area contributed by atoms with E-state index in [9.17, 15) is 4.79 Å². The SMILES string of the molecule is C=CC(N)N1C(=O)c2cscc2Nc2ccccc21. The van der Waals surface area contributed by atoms with Gasteiger partial charge in [0.2, 0.25) is 0 Å². The van der Waals surface area contributed by atoms with Crippen LogP contribution in [0, 0.1) is 0 Å². The van der Waals surface area contributed by atoms with Gasteiger partial charge in [0.25, 0.3) is 5.91 Å². The van der Waals surface area contributed by atoms with Crippen LogP contribution in [-0.4, -0.2) is 12.1 Å². The van der Waals surface area contributed by atoms with Crippen LogP contribution in [0.1, 0.15) is 10.4 Å². The Labute approximate surface area is 115 Å². The maximum absolute atomic E-state index is 12.6. The van der Waals surface area contributed by atoms with Gasteiger partial charge in [-0.1, -0.05) is 24.8 Å². The van der Waals surface area contributed by atoms with Gasteiger partial charge in [-0.3, -0.25) is 9.69 Å². The second-order valence-corrected chi connectivity index (χ2v) is 4.99. The molecule has 2 aromatic rings. The second kappa shape index (κ2) is 4.53. The summed E-state index contributed by atoms with van der Waals surface area (Å²) in [4.78, 5) is 14.2. The van der Waals surface area contributed by atoms with Crippen molar-refractivity contribution in [2.24, 2.45) is 5.73 Å². The van der Waals surface area contributed by atoms with Crippen LogP contribution in [0.15, 0.2) is 47.7 Å². The van der Waals surface area contributed by atoms with E-state index in [0.717, 1.165) is 17.1 Å². The largest absolute Gasteiger partial charge is 0.352 e. The van der Waals surface area contributed by atoms with E-state index in [1.165, 1.54) is 11.3 Å². The van der Waals surface area contributed by atoms with Gasteiger partial charge in [-0.05, 0) is 12.1 Å². The highest BCUT2D eigenvalue weighted by Crippen LogP contribution is 2.37. The van der Waals surface area contributed by atoms with Crippen LogP contribution in [0.3, 0.4) is 0 Å². The maximum Gasteiger partial charge on any atom is 0.262 e. The molecule has 2 heterocycles. The van der Waals surface area contributed by atoms with Crippen LogP contribution in [0.4, 0.5) is 17.1 Å². The summed E-state index contributed by atoms with van der Waals surface area (Å²) in [5.41, 5.74) is 9.10. The zero-order chi connectivity index (χ0) is 13.4. The van der Waals surface area contributed by atoms with Crippen LogP contribution in [0.5, 0.6) is 0 Å². The minimum atomic E-state index is -0.554. The van der Waals surface area contributed by atoms with Crippen molar-refractivity contribution in [1.29, 1.82) is 0 Å². The molecule has 1 aliphatic heterocycles. The molecule has 96 valence electrons. The highest BCUT2D eigenvalue weighted by atomic mass is 32.1. The first-order valence-corrected chi connectivity index (χ1v) is 6.80. The Morgan fingerprint density at radius 2 is 2.11 bits per heavy atom. The normalized spacial score (nSPS) is 15.0. The van der Waals surface area contributed by atoms with Crippen molar-refractivity contribution in [3.05, 3.63) is 53.2 Å². The van der Waals surface area contributed by atoms with Gasteiger partial charge in [0.15, 0.2) is 0 Å². The molecule has 1 atom stereocenters. The Morgan fingerprint density at radius 3 is 2.89 bits per heavy atom. The number of nitrogens with one attached hydrogen (secondary N) is 1. The molecule has 1 aromatic carbocycles. The quantitative estimate of drug-likeness (QED) is 0.826. The molecule has 1 unspecified atom stereocenters. The number of thiophene rings is 1. The lowest BCUT2D eigenvalue weighted by Gasteiger charge is -2.26. The van der Waals surface area contributed by atoms with Crippen molar-refractivity contribution >= 4 is 34.3 Å². The second-order valence-electron chi connectivity index (χ2n) is 4.24. The van der Waals surface area contributed by atoms with E-state index in [-0.39, 0.29) is 5.91 Å². The average molecular weight is 271 g/mol. The van der Waals surface area contributed by atoms with Crippen molar-refractivity contribution in [1.82, 2.24) is 0 Å². The van der Waals surface area contributed by atoms with Crippen molar-refractivity contribution < 1.29 is 4.79 Å². The molecule has 0 saturated heterocycles. The summed E-state index contributed by atoms with van der Waals surface area (Å²) in [5.74, 6) is -0.110. The molecule has 3 N–H and O–H groups in total. The molecule has 0 bridgehead atoms. The lowest BCUT2D eigenvalue weighted by Crippen LogP contribution is -2.44. The van der Waals surface area contributed by atoms with Gasteiger partial charge in [0.1, 0.15) is 6.17 Å². The maximum atomic E-state index is 12.6. The van der Waals surface area contributed by atoms with E-state index in [4.69, 9.17) is 5.73 Å². The molecule has 1 amide bonds. The number of benzene rings is 1. The first-order chi connectivity index (χ1) is 9.22. The standard InChI is InChI=1S/C14H13N3OS/c1-2-13(15)17-12-6-4-3-5-10(12)16-11-8-19-7-9(11)14(17)18/h2-8,13,16H,1,15H2. The molecule has 0 radical (unpaired) electrons. The van der Waals surface area contributed by atoms with Crippen molar-refractivity contribution in [3.63, 3.8) is 0 Å². The third-order valence-electron chi connectivity index (χ3n) is 3.08. The van der Waals surface area contributed by atoms with Gasteiger partial charge in [-0.25, -0.2) is 0 Å². The lowest BCUT2D eigenvalue weighted by molar-refractivity contribution is 0.0983. The van der Waals surface area contributed by atoms with Gasteiger partial charge in [-0.15, -0.1) is 11.3 Å². The molecule has 3 rings (SSSR count). The number of hydrogen-bond donors (Lipinski definition) is 2. The number of rotatable bonds is 2.